The molecule has 0 radical (unpaired) electrons. The molecule has 1 aliphatic heterocycles. The molecule has 0 saturated heterocycles. The lowest BCUT2D eigenvalue weighted by molar-refractivity contribution is 0.112. The molecule has 90 valence electrons. The first kappa shape index (κ1) is 11.3. The number of ether oxygens (including phenoxy) is 1. The summed E-state index contributed by atoms with van der Waals surface area (Å²) in [5.74, 6) is 0.892. The molecular formula is C15H11ClO2. The molecule has 0 N–H and O–H groups in total. The number of aldehydes is 1. The second-order valence-corrected chi connectivity index (χ2v) is 4.68. The number of para-hydroxylation sites is 1. The first-order valence-electron chi connectivity index (χ1n) is 5.79. The van der Waals surface area contributed by atoms with Crippen molar-refractivity contribution in [3.63, 3.8) is 0 Å². The predicted molar refractivity (Wildman–Crippen MR) is 71.5 cm³/mol. The van der Waals surface area contributed by atoms with E-state index in [1.54, 1.807) is 12.1 Å². The second-order valence-electron chi connectivity index (χ2n) is 4.24. The molecule has 0 spiro atoms. The number of carbonyl (C=O) groups is 1. The summed E-state index contributed by atoms with van der Waals surface area (Å²) in [5, 5.41) is 0.564. The van der Waals surface area contributed by atoms with Gasteiger partial charge >= 0.3 is 0 Å². The number of halogens is 1. The van der Waals surface area contributed by atoms with Gasteiger partial charge in [-0.25, -0.2) is 0 Å². The Morgan fingerprint density at radius 2 is 2.06 bits per heavy atom. The van der Waals surface area contributed by atoms with Crippen LogP contribution in [0.4, 0.5) is 0 Å². The predicted octanol–water partition coefficient (Wildman–Crippen LogP) is 3.75. The van der Waals surface area contributed by atoms with Crippen LogP contribution >= 0.6 is 11.6 Å². The highest BCUT2D eigenvalue weighted by molar-refractivity contribution is 6.31. The van der Waals surface area contributed by atoms with Gasteiger partial charge in [0.15, 0.2) is 6.29 Å². The van der Waals surface area contributed by atoms with Crippen LogP contribution in [0.2, 0.25) is 5.02 Å². The summed E-state index contributed by atoms with van der Waals surface area (Å²) in [6, 6.07) is 11.4. The van der Waals surface area contributed by atoms with Gasteiger partial charge in [-0.05, 0) is 23.3 Å². The Hall–Kier alpha value is -1.80. The van der Waals surface area contributed by atoms with Crippen LogP contribution in [0.25, 0.3) is 11.1 Å². The van der Waals surface area contributed by atoms with Crippen molar-refractivity contribution in [1.82, 2.24) is 0 Å². The lowest BCUT2D eigenvalue weighted by atomic mass is 9.97. The summed E-state index contributed by atoms with van der Waals surface area (Å²) in [5.41, 5.74) is 3.61. The Balaban J connectivity index is 2.22. The van der Waals surface area contributed by atoms with Crippen molar-refractivity contribution in [2.24, 2.45) is 0 Å². The monoisotopic (exact) mass is 258 g/mol. The molecule has 2 nitrogen and oxygen atoms in total. The van der Waals surface area contributed by atoms with Crippen molar-refractivity contribution >= 4 is 17.9 Å². The Kier molecular flexibility index (Phi) is 2.80. The van der Waals surface area contributed by atoms with Crippen molar-refractivity contribution < 1.29 is 9.53 Å². The van der Waals surface area contributed by atoms with E-state index < -0.39 is 0 Å². The first-order chi connectivity index (χ1) is 8.79. The topological polar surface area (TPSA) is 26.3 Å². The molecule has 3 rings (SSSR count). The number of hydrogen-bond donors (Lipinski definition) is 0. The lowest BCUT2D eigenvalue weighted by Crippen LogP contribution is -1.92. The maximum absolute atomic E-state index is 11.2. The SMILES string of the molecule is O=Cc1cc(Cl)ccc1-c1cccc2c1OCC2. The van der Waals surface area contributed by atoms with Gasteiger partial charge in [0.25, 0.3) is 0 Å². The van der Waals surface area contributed by atoms with Crippen LogP contribution in [0.1, 0.15) is 15.9 Å². The van der Waals surface area contributed by atoms with Crippen LogP contribution in [-0.2, 0) is 6.42 Å². The molecule has 0 bridgehead atoms. The van der Waals surface area contributed by atoms with Crippen molar-refractivity contribution in [1.29, 1.82) is 0 Å². The van der Waals surface area contributed by atoms with Crippen LogP contribution in [0.3, 0.4) is 0 Å². The Morgan fingerprint density at radius 1 is 1.17 bits per heavy atom. The Morgan fingerprint density at radius 3 is 2.89 bits per heavy atom. The normalized spacial score (nSPS) is 12.9. The van der Waals surface area contributed by atoms with E-state index >= 15 is 0 Å². The molecule has 2 aromatic carbocycles. The molecule has 0 atom stereocenters. The minimum Gasteiger partial charge on any atom is -0.492 e. The van der Waals surface area contributed by atoms with Gasteiger partial charge in [-0.2, -0.15) is 0 Å². The fourth-order valence-electron chi connectivity index (χ4n) is 2.30. The fourth-order valence-corrected chi connectivity index (χ4v) is 2.48. The highest BCUT2D eigenvalue weighted by Crippen LogP contribution is 2.38. The molecule has 0 unspecified atom stereocenters. The van der Waals surface area contributed by atoms with E-state index in [4.69, 9.17) is 16.3 Å². The summed E-state index contributed by atoms with van der Waals surface area (Å²) in [6.07, 6.45) is 1.75. The molecule has 0 fully saturated rings. The largest absolute Gasteiger partial charge is 0.492 e. The van der Waals surface area contributed by atoms with Gasteiger partial charge < -0.3 is 4.74 Å². The van der Waals surface area contributed by atoms with E-state index in [2.05, 4.69) is 6.07 Å². The van der Waals surface area contributed by atoms with Crippen molar-refractivity contribution in [2.45, 2.75) is 6.42 Å². The van der Waals surface area contributed by atoms with Crippen molar-refractivity contribution in [3.05, 3.63) is 52.5 Å². The molecule has 1 heterocycles. The smallest absolute Gasteiger partial charge is 0.150 e. The number of fused-ring (bicyclic) bond motifs is 1. The summed E-state index contributed by atoms with van der Waals surface area (Å²) >= 11 is 5.91. The summed E-state index contributed by atoms with van der Waals surface area (Å²) in [4.78, 5) is 11.2. The van der Waals surface area contributed by atoms with E-state index in [1.807, 2.05) is 18.2 Å². The molecule has 1 aliphatic rings. The molecule has 3 heteroatoms. The zero-order valence-electron chi connectivity index (χ0n) is 9.65. The molecule has 0 saturated carbocycles. The van der Waals surface area contributed by atoms with E-state index in [0.717, 1.165) is 29.6 Å². The fraction of sp³-hybridized carbons (Fsp3) is 0.133. The van der Waals surface area contributed by atoms with Gasteiger partial charge in [0.05, 0.1) is 6.61 Å². The molecule has 0 aliphatic carbocycles. The molecule has 0 aromatic heterocycles. The molecule has 18 heavy (non-hydrogen) atoms. The molecule has 2 aromatic rings. The molecular weight excluding hydrogens is 248 g/mol. The lowest BCUT2D eigenvalue weighted by Gasteiger charge is -2.10. The van der Waals surface area contributed by atoms with E-state index in [-0.39, 0.29) is 0 Å². The van der Waals surface area contributed by atoms with Crippen molar-refractivity contribution in [3.8, 4) is 16.9 Å². The summed E-state index contributed by atoms with van der Waals surface area (Å²) in [6.45, 7) is 0.705. The van der Waals surface area contributed by atoms with Gasteiger partial charge in [-0.15, -0.1) is 0 Å². The van der Waals surface area contributed by atoms with Crippen LogP contribution in [-0.4, -0.2) is 12.9 Å². The number of carbonyl (C=O) groups excluding carboxylic acids is 1. The quantitative estimate of drug-likeness (QED) is 0.767. The third-order valence-corrected chi connectivity index (χ3v) is 3.38. The minimum atomic E-state index is 0.564. The van der Waals surface area contributed by atoms with Gasteiger partial charge in [0.2, 0.25) is 0 Å². The maximum Gasteiger partial charge on any atom is 0.150 e. The van der Waals surface area contributed by atoms with E-state index in [1.165, 1.54) is 5.56 Å². The Bertz CT molecular complexity index is 620. The number of benzene rings is 2. The maximum atomic E-state index is 11.2. The first-order valence-corrected chi connectivity index (χ1v) is 6.17. The Labute approximate surface area is 110 Å². The second kappa shape index (κ2) is 4.46. The highest BCUT2D eigenvalue weighted by atomic mass is 35.5. The van der Waals surface area contributed by atoms with Gasteiger partial charge in [0.1, 0.15) is 5.75 Å². The summed E-state index contributed by atoms with van der Waals surface area (Å²) < 4.78 is 5.66. The summed E-state index contributed by atoms with van der Waals surface area (Å²) in [7, 11) is 0. The molecule has 0 amide bonds. The standard InChI is InChI=1S/C15H11ClO2/c16-12-4-5-13(11(8-12)9-17)14-3-1-2-10-6-7-18-15(10)14/h1-5,8-9H,6-7H2. The van der Waals surface area contributed by atoms with Gasteiger partial charge in [0, 0.05) is 22.6 Å². The third kappa shape index (κ3) is 1.79. The van der Waals surface area contributed by atoms with Crippen LogP contribution in [0.5, 0.6) is 5.75 Å². The van der Waals surface area contributed by atoms with Gasteiger partial charge in [-0.3, -0.25) is 4.79 Å². The average molecular weight is 259 g/mol. The van der Waals surface area contributed by atoms with Crippen molar-refractivity contribution in [2.75, 3.05) is 6.61 Å². The third-order valence-electron chi connectivity index (χ3n) is 3.15. The van der Waals surface area contributed by atoms with Crippen LogP contribution in [0, 0.1) is 0 Å². The zero-order valence-corrected chi connectivity index (χ0v) is 10.4. The zero-order chi connectivity index (χ0) is 12.5. The highest BCUT2D eigenvalue weighted by Gasteiger charge is 2.18. The van der Waals surface area contributed by atoms with E-state index in [9.17, 15) is 4.79 Å². The van der Waals surface area contributed by atoms with Crippen LogP contribution in [0.15, 0.2) is 36.4 Å². The minimum absolute atomic E-state index is 0.564. The van der Waals surface area contributed by atoms with E-state index in [0.29, 0.717) is 17.2 Å². The number of rotatable bonds is 2. The number of hydrogen-bond acceptors (Lipinski definition) is 2. The average Bonchev–Trinajstić information content (AvgIpc) is 2.86. The van der Waals surface area contributed by atoms with Gasteiger partial charge in [-0.1, -0.05) is 35.9 Å². The van der Waals surface area contributed by atoms with Crippen LogP contribution < -0.4 is 4.74 Å².